The van der Waals surface area contributed by atoms with Crippen LogP contribution < -0.4 is 16.8 Å². The van der Waals surface area contributed by atoms with Crippen LogP contribution in [0, 0.1) is 0 Å². The minimum atomic E-state index is -1.58. The van der Waals surface area contributed by atoms with Crippen molar-refractivity contribution in [1.29, 1.82) is 0 Å². The quantitative estimate of drug-likeness (QED) is 0.0937. The number of aliphatic hydroxyl groups is 2. The first kappa shape index (κ1) is 20.0. The molecule has 1 amide bonds. The van der Waals surface area contributed by atoms with Crippen LogP contribution in [0.4, 0.5) is 0 Å². The Morgan fingerprint density at radius 3 is 2.60 bits per heavy atom. The van der Waals surface area contributed by atoms with E-state index >= 15 is 0 Å². The van der Waals surface area contributed by atoms with E-state index < -0.39 is 54.6 Å². The summed E-state index contributed by atoms with van der Waals surface area (Å²) in [7, 11) is 0. The molecule has 0 aromatic rings. The highest BCUT2D eigenvalue weighted by Crippen LogP contribution is 2.26. The molecule has 0 aromatic heterocycles. The van der Waals surface area contributed by atoms with Crippen LogP contribution in [0.5, 0.6) is 0 Å². The Bertz CT molecular complexity index is 625. The maximum atomic E-state index is 11.5. The SMILES string of the molecule is CC(=O)N[C@H]1[C@H]([C@H](N=[N+]=[N-])[C@H](O)CO)OC(C(=O)O)=C[C@@H]1N=C(N)N. The van der Waals surface area contributed by atoms with Gasteiger partial charge < -0.3 is 36.8 Å². The van der Waals surface area contributed by atoms with Gasteiger partial charge in [0.1, 0.15) is 12.1 Å². The molecule has 0 aromatic carbocycles. The van der Waals surface area contributed by atoms with E-state index in [2.05, 4.69) is 20.3 Å². The molecular formula is C12H19N7O6. The third-order valence-corrected chi connectivity index (χ3v) is 3.29. The van der Waals surface area contributed by atoms with Gasteiger partial charge in [0.15, 0.2) is 5.96 Å². The van der Waals surface area contributed by atoms with Gasteiger partial charge in [-0.3, -0.25) is 4.79 Å². The van der Waals surface area contributed by atoms with Crippen LogP contribution in [0.2, 0.25) is 0 Å². The summed E-state index contributed by atoms with van der Waals surface area (Å²) in [6.45, 7) is 0.389. The zero-order valence-corrected chi connectivity index (χ0v) is 13.2. The van der Waals surface area contributed by atoms with Crippen LogP contribution in [0.1, 0.15) is 6.92 Å². The number of carboxylic acid groups (broad SMARTS) is 1. The van der Waals surface area contributed by atoms with Crippen molar-refractivity contribution in [2.75, 3.05) is 6.61 Å². The number of aliphatic carboxylic acids is 1. The number of carbonyl (C=O) groups excluding carboxylic acids is 1. The van der Waals surface area contributed by atoms with Gasteiger partial charge in [-0.1, -0.05) is 5.11 Å². The number of ether oxygens (including phenoxy) is 1. The summed E-state index contributed by atoms with van der Waals surface area (Å²) >= 11 is 0. The van der Waals surface area contributed by atoms with Gasteiger partial charge in [-0.05, 0) is 11.6 Å². The van der Waals surface area contributed by atoms with Gasteiger partial charge in [-0.25, -0.2) is 9.79 Å². The smallest absolute Gasteiger partial charge is 0.370 e. The number of nitrogens with one attached hydrogen (secondary N) is 1. The molecule has 13 nitrogen and oxygen atoms in total. The second kappa shape index (κ2) is 8.73. The third-order valence-electron chi connectivity index (χ3n) is 3.29. The number of nitrogens with zero attached hydrogens (tertiary/aromatic N) is 4. The fourth-order valence-electron chi connectivity index (χ4n) is 2.34. The van der Waals surface area contributed by atoms with Crippen molar-refractivity contribution in [3.05, 3.63) is 22.3 Å². The molecule has 25 heavy (non-hydrogen) atoms. The molecule has 0 unspecified atom stereocenters. The van der Waals surface area contributed by atoms with Crippen LogP contribution in [0.15, 0.2) is 21.9 Å². The van der Waals surface area contributed by atoms with E-state index in [0.717, 1.165) is 6.08 Å². The molecule has 0 saturated carbocycles. The number of guanidine groups is 1. The maximum Gasteiger partial charge on any atom is 0.370 e. The fourth-order valence-corrected chi connectivity index (χ4v) is 2.34. The standard InChI is InChI=1S/C12H19N7O6/c1-4(21)16-8-5(17-12(13)14)2-7(11(23)24)25-10(8)9(18-19-15)6(22)3-20/h2,5-6,8-10,20,22H,3H2,1H3,(H,16,21)(H,23,24)(H4,13,14,17)/t5-,6+,8+,9+,10+/m0/s1. The normalized spacial score (nSPS) is 24.6. The molecule has 1 aliphatic heterocycles. The van der Waals surface area contributed by atoms with Crippen molar-refractivity contribution in [1.82, 2.24) is 5.32 Å². The number of hydrogen-bond donors (Lipinski definition) is 6. The lowest BCUT2D eigenvalue weighted by Crippen LogP contribution is -2.59. The Labute approximate surface area is 141 Å². The van der Waals surface area contributed by atoms with Crippen molar-refractivity contribution in [2.45, 2.75) is 37.3 Å². The number of aliphatic imine (C=N–C) groups is 1. The van der Waals surface area contributed by atoms with E-state index in [9.17, 15) is 19.8 Å². The number of hydrogen-bond acceptors (Lipinski definition) is 7. The van der Waals surface area contributed by atoms with E-state index in [1.807, 2.05) is 0 Å². The zero-order chi connectivity index (χ0) is 19.1. The fraction of sp³-hybridized carbons (Fsp3) is 0.583. The summed E-state index contributed by atoms with van der Waals surface area (Å²) in [5.41, 5.74) is 19.4. The number of nitrogens with two attached hydrogens (primary N) is 2. The van der Waals surface area contributed by atoms with E-state index in [-0.39, 0.29) is 5.96 Å². The Hall–Kier alpha value is -3.02. The second-order valence-electron chi connectivity index (χ2n) is 5.13. The van der Waals surface area contributed by atoms with Crippen molar-refractivity contribution in [2.24, 2.45) is 21.6 Å². The lowest BCUT2D eigenvalue weighted by Gasteiger charge is -2.38. The molecule has 0 bridgehead atoms. The number of aliphatic hydroxyl groups excluding tert-OH is 2. The molecule has 0 saturated heterocycles. The Balaban J connectivity index is 3.44. The Morgan fingerprint density at radius 2 is 2.16 bits per heavy atom. The van der Waals surface area contributed by atoms with Gasteiger partial charge in [0.05, 0.1) is 24.8 Å². The largest absolute Gasteiger partial charge is 0.481 e. The molecule has 1 aliphatic rings. The van der Waals surface area contributed by atoms with Gasteiger partial charge in [0.2, 0.25) is 11.7 Å². The molecule has 5 atom stereocenters. The monoisotopic (exact) mass is 357 g/mol. The number of rotatable bonds is 7. The molecule has 0 spiro atoms. The molecule has 138 valence electrons. The topological polar surface area (TPSA) is 229 Å². The first-order valence-electron chi connectivity index (χ1n) is 7.02. The highest BCUT2D eigenvalue weighted by atomic mass is 16.5. The lowest BCUT2D eigenvalue weighted by atomic mass is 9.91. The molecule has 1 rings (SSSR count). The molecular weight excluding hydrogens is 338 g/mol. The van der Waals surface area contributed by atoms with Gasteiger partial charge in [-0.15, -0.1) is 0 Å². The summed E-state index contributed by atoms with van der Waals surface area (Å²) in [6, 6.07) is -3.56. The predicted molar refractivity (Wildman–Crippen MR) is 83.8 cm³/mol. The van der Waals surface area contributed by atoms with Crippen LogP contribution in [0.3, 0.4) is 0 Å². The number of amides is 1. The molecule has 0 aliphatic carbocycles. The number of azide groups is 1. The predicted octanol–water partition coefficient (Wildman–Crippen LogP) is -2.47. The van der Waals surface area contributed by atoms with Crippen LogP contribution in [-0.2, 0) is 14.3 Å². The minimum absolute atomic E-state index is 0.384. The van der Waals surface area contributed by atoms with Crippen LogP contribution in [-0.4, -0.2) is 70.1 Å². The van der Waals surface area contributed by atoms with Crippen LogP contribution >= 0.6 is 0 Å². The van der Waals surface area contributed by atoms with Gasteiger partial charge in [-0.2, -0.15) is 0 Å². The number of carboxylic acids is 1. The first-order valence-corrected chi connectivity index (χ1v) is 7.02. The molecule has 1 heterocycles. The number of carbonyl (C=O) groups is 2. The van der Waals surface area contributed by atoms with Crippen LogP contribution in [0.25, 0.3) is 10.4 Å². The van der Waals surface area contributed by atoms with E-state index in [0.29, 0.717) is 0 Å². The van der Waals surface area contributed by atoms with Gasteiger partial charge >= 0.3 is 5.97 Å². The minimum Gasteiger partial charge on any atom is -0.481 e. The average molecular weight is 357 g/mol. The van der Waals surface area contributed by atoms with Gasteiger partial charge in [0, 0.05) is 11.8 Å². The zero-order valence-electron chi connectivity index (χ0n) is 13.2. The van der Waals surface area contributed by atoms with E-state index in [1.165, 1.54) is 6.92 Å². The average Bonchev–Trinajstić information content (AvgIpc) is 2.52. The van der Waals surface area contributed by atoms with Crippen molar-refractivity contribution >= 4 is 17.8 Å². The van der Waals surface area contributed by atoms with Crippen molar-refractivity contribution in [3.63, 3.8) is 0 Å². The first-order chi connectivity index (χ1) is 11.7. The highest BCUT2D eigenvalue weighted by Gasteiger charge is 2.44. The molecule has 0 radical (unpaired) electrons. The van der Waals surface area contributed by atoms with Crippen molar-refractivity contribution < 1.29 is 29.6 Å². The summed E-state index contributed by atoms with van der Waals surface area (Å²) in [5.74, 6) is -2.94. The highest BCUT2D eigenvalue weighted by molar-refractivity contribution is 5.85. The summed E-state index contributed by atoms with van der Waals surface area (Å²) in [5, 5.41) is 34.0. The summed E-state index contributed by atoms with van der Waals surface area (Å²) < 4.78 is 5.27. The summed E-state index contributed by atoms with van der Waals surface area (Å²) in [6.07, 6.45) is -1.87. The van der Waals surface area contributed by atoms with E-state index in [4.69, 9.17) is 26.8 Å². The maximum absolute atomic E-state index is 11.5. The molecule has 8 N–H and O–H groups in total. The second-order valence-corrected chi connectivity index (χ2v) is 5.13. The van der Waals surface area contributed by atoms with Gasteiger partial charge in [0.25, 0.3) is 0 Å². The molecule has 13 heteroatoms. The van der Waals surface area contributed by atoms with Crippen molar-refractivity contribution in [3.8, 4) is 0 Å². The Morgan fingerprint density at radius 1 is 1.52 bits per heavy atom. The third kappa shape index (κ3) is 5.24. The Kier molecular flexibility index (Phi) is 6.99. The summed E-state index contributed by atoms with van der Waals surface area (Å²) in [4.78, 5) is 29.2. The lowest BCUT2D eigenvalue weighted by molar-refractivity contribution is -0.140. The molecule has 0 fully saturated rings. The van der Waals surface area contributed by atoms with E-state index in [1.54, 1.807) is 0 Å².